The van der Waals surface area contributed by atoms with Gasteiger partial charge in [0, 0.05) is 6.54 Å². The third-order valence-electron chi connectivity index (χ3n) is 2.77. The summed E-state index contributed by atoms with van der Waals surface area (Å²) in [6.45, 7) is 1.95. The van der Waals surface area contributed by atoms with Gasteiger partial charge >= 0.3 is 0 Å². The van der Waals surface area contributed by atoms with Crippen molar-refractivity contribution in [3.05, 3.63) is 23.8 Å². The van der Waals surface area contributed by atoms with Gasteiger partial charge in [0.25, 0.3) is 0 Å². The average molecular weight is 211 g/mol. The molecule has 1 aliphatic heterocycles. The number of nitrogens with two attached hydrogens (primary N) is 1. The maximum atomic E-state index is 14.2. The molecule has 0 saturated heterocycles. The number of hydrogen-bond acceptors (Lipinski definition) is 3. The van der Waals surface area contributed by atoms with E-state index in [4.69, 9.17) is 15.2 Å². The first-order valence-electron chi connectivity index (χ1n) is 4.99. The second-order valence-corrected chi connectivity index (χ2v) is 3.59. The Morgan fingerprint density at radius 1 is 1.40 bits per heavy atom. The molecular weight excluding hydrogens is 197 g/mol. The fourth-order valence-electron chi connectivity index (χ4n) is 1.64. The third-order valence-corrected chi connectivity index (χ3v) is 2.77. The zero-order chi connectivity index (χ0) is 10.9. The summed E-state index contributed by atoms with van der Waals surface area (Å²) in [5.41, 5.74) is 4.53. The van der Waals surface area contributed by atoms with Crippen LogP contribution in [-0.2, 0) is 5.67 Å². The van der Waals surface area contributed by atoms with E-state index in [1.165, 1.54) is 0 Å². The summed E-state index contributed by atoms with van der Waals surface area (Å²) in [5, 5.41) is 0. The first-order chi connectivity index (χ1) is 7.19. The molecule has 0 saturated carbocycles. The van der Waals surface area contributed by atoms with E-state index in [1.807, 2.05) is 0 Å². The predicted octanol–water partition coefficient (Wildman–Crippen LogP) is 1.95. The van der Waals surface area contributed by atoms with Gasteiger partial charge in [0.05, 0.1) is 0 Å². The molecule has 3 nitrogen and oxygen atoms in total. The van der Waals surface area contributed by atoms with Crippen LogP contribution in [0.1, 0.15) is 18.9 Å². The minimum Gasteiger partial charge on any atom is -0.454 e. The maximum absolute atomic E-state index is 14.2. The van der Waals surface area contributed by atoms with Crippen LogP contribution in [0.2, 0.25) is 0 Å². The van der Waals surface area contributed by atoms with E-state index in [-0.39, 0.29) is 13.3 Å². The van der Waals surface area contributed by atoms with E-state index in [2.05, 4.69) is 0 Å². The number of alkyl halides is 1. The quantitative estimate of drug-likeness (QED) is 0.831. The Kier molecular flexibility index (Phi) is 2.52. The Bertz CT molecular complexity index is 364. The van der Waals surface area contributed by atoms with Crippen LogP contribution in [0.4, 0.5) is 4.39 Å². The van der Waals surface area contributed by atoms with Gasteiger partial charge in [-0.15, -0.1) is 0 Å². The van der Waals surface area contributed by atoms with Gasteiger partial charge in [-0.2, -0.15) is 0 Å². The molecule has 2 N–H and O–H groups in total. The maximum Gasteiger partial charge on any atom is 0.231 e. The van der Waals surface area contributed by atoms with Crippen LogP contribution in [0.3, 0.4) is 0 Å². The van der Waals surface area contributed by atoms with Crippen LogP contribution < -0.4 is 15.2 Å². The molecule has 1 aliphatic rings. The van der Waals surface area contributed by atoms with Crippen LogP contribution in [0.15, 0.2) is 18.2 Å². The highest BCUT2D eigenvalue weighted by Gasteiger charge is 2.29. The largest absolute Gasteiger partial charge is 0.454 e. The van der Waals surface area contributed by atoms with E-state index in [0.717, 1.165) is 0 Å². The summed E-state index contributed by atoms with van der Waals surface area (Å²) in [7, 11) is 0. The minimum atomic E-state index is -1.47. The average Bonchev–Trinajstić information content (AvgIpc) is 2.74. The number of ether oxygens (including phenoxy) is 2. The van der Waals surface area contributed by atoms with Crippen molar-refractivity contribution in [2.75, 3.05) is 13.3 Å². The Balaban J connectivity index is 2.37. The molecule has 0 fully saturated rings. The molecule has 1 aromatic carbocycles. The van der Waals surface area contributed by atoms with Crippen molar-refractivity contribution in [2.45, 2.75) is 19.0 Å². The second kappa shape index (κ2) is 3.70. The minimum absolute atomic E-state index is 0.0247. The lowest BCUT2D eigenvalue weighted by Crippen LogP contribution is -2.29. The third kappa shape index (κ3) is 1.65. The lowest BCUT2D eigenvalue weighted by Gasteiger charge is -2.22. The molecule has 0 spiro atoms. The highest BCUT2D eigenvalue weighted by atomic mass is 19.1. The highest BCUT2D eigenvalue weighted by Crippen LogP contribution is 2.37. The van der Waals surface area contributed by atoms with E-state index in [0.29, 0.717) is 23.5 Å². The van der Waals surface area contributed by atoms with Gasteiger partial charge in [-0.3, -0.25) is 0 Å². The Morgan fingerprint density at radius 3 is 2.80 bits per heavy atom. The summed E-state index contributed by atoms with van der Waals surface area (Å²) in [6, 6.07) is 5.08. The summed E-state index contributed by atoms with van der Waals surface area (Å²) in [4.78, 5) is 0. The van der Waals surface area contributed by atoms with Crippen molar-refractivity contribution in [1.82, 2.24) is 0 Å². The Labute approximate surface area is 88.0 Å². The normalized spacial score (nSPS) is 17.5. The fraction of sp³-hybridized carbons (Fsp3) is 0.455. The van der Waals surface area contributed by atoms with Crippen LogP contribution in [0.5, 0.6) is 11.5 Å². The number of rotatable bonds is 3. The molecular formula is C11H14FNO2. The SMILES string of the molecule is CCC(F)(CN)c1ccc2c(c1)OCO2. The molecule has 0 aliphatic carbocycles. The summed E-state index contributed by atoms with van der Waals surface area (Å²) in [6.07, 6.45) is 0.350. The zero-order valence-corrected chi connectivity index (χ0v) is 8.63. The number of hydrogen-bond donors (Lipinski definition) is 1. The van der Waals surface area contributed by atoms with Crippen molar-refractivity contribution in [2.24, 2.45) is 5.73 Å². The van der Waals surface area contributed by atoms with Gasteiger partial charge in [-0.1, -0.05) is 13.0 Å². The monoisotopic (exact) mass is 211 g/mol. The van der Waals surface area contributed by atoms with Gasteiger partial charge in [0.15, 0.2) is 11.5 Å². The molecule has 0 bridgehead atoms. The van der Waals surface area contributed by atoms with E-state index in [9.17, 15) is 4.39 Å². The molecule has 15 heavy (non-hydrogen) atoms. The van der Waals surface area contributed by atoms with E-state index in [1.54, 1.807) is 25.1 Å². The van der Waals surface area contributed by atoms with Crippen LogP contribution in [-0.4, -0.2) is 13.3 Å². The predicted molar refractivity (Wildman–Crippen MR) is 54.7 cm³/mol. The number of fused-ring (bicyclic) bond motifs is 1. The molecule has 1 aromatic rings. The lowest BCUT2D eigenvalue weighted by atomic mass is 9.93. The van der Waals surface area contributed by atoms with Crippen LogP contribution in [0, 0.1) is 0 Å². The summed E-state index contributed by atoms with van der Waals surface area (Å²) in [5.74, 6) is 1.26. The van der Waals surface area contributed by atoms with Gasteiger partial charge in [0.2, 0.25) is 6.79 Å². The van der Waals surface area contributed by atoms with Crippen molar-refractivity contribution in [3.63, 3.8) is 0 Å². The molecule has 4 heteroatoms. The van der Waals surface area contributed by atoms with Crippen LogP contribution >= 0.6 is 0 Å². The molecule has 82 valence electrons. The van der Waals surface area contributed by atoms with Crippen molar-refractivity contribution in [1.29, 1.82) is 0 Å². The highest BCUT2D eigenvalue weighted by molar-refractivity contribution is 5.46. The van der Waals surface area contributed by atoms with Gasteiger partial charge in [0.1, 0.15) is 5.67 Å². The van der Waals surface area contributed by atoms with E-state index < -0.39 is 5.67 Å². The first-order valence-corrected chi connectivity index (χ1v) is 4.99. The standard InChI is InChI=1S/C11H14FNO2/c1-2-11(12,6-13)8-3-4-9-10(5-8)15-7-14-9/h3-5H,2,6-7,13H2,1H3. The first kappa shape index (κ1) is 10.2. The molecule has 2 rings (SSSR count). The second-order valence-electron chi connectivity index (χ2n) is 3.59. The van der Waals surface area contributed by atoms with Crippen molar-refractivity contribution < 1.29 is 13.9 Å². The summed E-state index contributed by atoms with van der Waals surface area (Å²) < 4.78 is 24.6. The fourth-order valence-corrected chi connectivity index (χ4v) is 1.64. The number of benzene rings is 1. The molecule has 0 aromatic heterocycles. The van der Waals surface area contributed by atoms with Gasteiger partial charge in [-0.25, -0.2) is 4.39 Å². The molecule has 1 heterocycles. The molecule has 1 unspecified atom stereocenters. The van der Waals surface area contributed by atoms with E-state index >= 15 is 0 Å². The molecule has 0 amide bonds. The van der Waals surface area contributed by atoms with Crippen molar-refractivity contribution in [3.8, 4) is 11.5 Å². The van der Waals surface area contributed by atoms with Crippen molar-refractivity contribution >= 4 is 0 Å². The number of halogens is 1. The Morgan fingerprint density at radius 2 is 2.13 bits per heavy atom. The Hall–Kier alpha value is -1.29. The van der Waals surface area contributed by atoms with Crippen LogP contribution in [0.25, 0.3) is 0 Å². The lowest BCUT2D eigenvalue weighted by molar-refractivity contribution is 0.166. The van der Waals surface area contributed by atoms with Gasteiger partial charge < -0.3 is 15.2 Å². The van der Waals surface area contributed by atoms with Gasteiger partial charge in [-0.05, 0) is 24.1 Å². The topological polar surface area (TPSA) is 44.5 Å². The summed E-state index contributed by atoms with van der Waals surface area (Å²) >= 11 is 0. The molecule has 0 radical (unpaired) electrons. The molecule has 1 atom stereocenters. The zero-order valence-electron chi connectivity index (χ0n) is 8.63. The smallest absolute Gasteiger partial charge is 0.231 e.